The van der Waals surface area contributed by atoms with Gasteiger partial charge in [0.05, 0.1) is 5.69 Å². The number of nitrogens with zero attached hydrogens (tertiary/aromatic N) is 2. The molecule has 2 aromatic carbocycles. The molecular formula is C29H30FN3O2S. The highest BCUT2D eigenvalue weighted by Gasteiger charge is 2.47. The van der Waals surface area contributed by atoms with E-state index in [4.69, 9.17) is 9.72 Å². The number of thiazole rings is 1. The van der Waals surface area contributed by atoms with Crippen molar-refractivity contribution >= 4 is 27.7 Å². The molecule has 0 spiro atoms. The Morgan fingerprint density at radius 1 is 1.11 bits per heavy atom. The Kier molecular flexibility index (Phi) is 6.39. The van der Waals surface area contributed by atoms with Crippen LogP contribution in [0.15, 0.2) is 60.7 Å². The molecule has 0 unspecified atom stereocenters. The number of hydrogen-bond donors (Lipinski definition) is 1. The van der Waals surface area contributed by atoms with Crippen LogP contribution >= 0.6 is 11.3 Å². The molecule has 2 heterocycles. The molecule has 1 aliphatic carbocycles. The molecule has 0 aliphatic heterocycles. The first-order valence-electron chi connectivity index (χ1n) is 12.2. The number of fused-ring (bicyclic) bond motifs is 1. The van der Waals surface area contributed by atoms with Crippen molar-refractivity contribution in [2.45, 2.75) is 64.1 Å². The molecular weight excluding hydrogens is 473 g/mol. The van der Waals surface area contributed by atoms with E-state index in [1.807, 2.05) is 39.0 Å². The molecule has 5 nitrogen and oxygen atoms in total. The highest BCUT2D eigenvalue weighted by atomic mass is 32.1. The minimum Gasteiger partial charge on any atom is -0.459 e. The number of pyridine rings is 1. The zero-order chi connectivity index (χ0) is 25.5. The van der Waals surface area contributed by atoms with Crippen molar-refractivity contribution in [3.63, 3.8) is 0 Å². The zero-order valence-corrected chi connectivity index (χ0v) is 21.8. The Hall–Kier alpha value is -3.16. The first-order valence-corrected chi connectivity index (χ1v) is 13.0. The smallest absolute Gasteiger partial charge is 0.323 e. The van der Waals surface area contributed by atoms with Gasteiger partial charge in [0.15, 0.2) is 0 Å². The normalized spacial score (nSPS) is 15.6. The van der Waals surface area contributed by atoms with Crippen molar-refractivity contribution in [2.24, 2.45) is 0 Å². The van der Waals surface area contributed by atoms with Gasteiger partial charge in [-0.25, -0.2) is 14.4 Å². The summed E-state index contributed by atoms with van der Waals surface area (Å²) in [7, 11) is 0. The van der Waals surface area contributed by atoms with Crippen molar-refractivity contribution in [1.29, 1.82) is 0 Å². The highest BCUT2D eigenvalue weighted by molar-refractivity contribution is 7.21. The molecule has 4 aromatic rings. The maximum atomic E-state index is 15.1. The predicted octanol–water partition coefficient (Wildman–Crippen LogP) is 6.40. The van der Waals surface area contributed by atoms with Gasteiger partial charge in [0.25, 0.3) is 0 Å². The van der Waals surface area contributed by atoms with Crippen LogP contribution in [0.3, 0.4) is 0 Å². The maximum Gasteiger partial charge on any atom is 0.323 e. The van der Waals surface area contributed by atoms with Gasteiger partial charge in [-0.1, -0.05) is 47.7 Å². The molecule has 1 atom stereocenters. The zero-order valence-electron chi connectivity index (χ0n) is 21.0. The first-order chi connectivity index (χ1) is 17.1. The summed E-state index contributed by atoms with van der Waals surface area (Å²) in [4.78, 5) is 22.6. The van der Waals surface area contributed by atoms with E-state index in [1.165, 1.54) is 23.0 Å². The Balaban J connectivity index is 1.32. The van der Waals surface area contributed by atoms with Crippen molar-refractivity contribution in [1.82, 2.24) is 15.3 Å². The van der Waals surface area contributed by atoms with Gasteiger partial charge in [0.2, 0.25) is 0 Å². The molecule has 1 fully saturated rings. The van der Waals surface area contributed by atoms with E-state index in [2.05, 4.69) is 40.6 Å². The summed E-state index contributed by atoms with van der Waals surface area (Å²) >= 11 is 1.41. The monoisotopic (exact) mass is 503 g/mol. The Bertz CT molecular complexity index is 1410. The van der Waals surface area contributed by atoms with E-state index in [0.29, 0.717) is 17.1 Å². The Labute approximate surface area is 214 Å². The SMILES string of the molecule is C[C@@H](NCc1ccc(-c2nc3ccc(C4(c5ccccc5)CC4)nc3s2)c(F)c1)C(=O)OC(C)(C)C. The van der Waals surface area contributed by atoms with Gasteiger partial charge in [0.1, 0.15) is 32.8 Å². The van der Waals surface area contributed by atoms with Crippen LogP contribution in [0.25, 0.3) is 20.9 Å². The van der Waals surface area contributed by atoms with Crippen molar-refractivity contribution in [3.05, 3.63) is 83.3 Å². The second-order valence-electron chi connectivity index (χ2n) is 10.4. The average molecular weight is 504 g/mol. The lowest BCUT2D eigenvalue weighted by Crippen LogP contribution is -2.38. The van der Waals surface area contributed by atoms with Crippen LogP contribution < -0.4 is 5.32 Å². The quantitative estimate of drug-likeness (QED) is 0.296. The molecule has 186 valence electrons. The van der Waals surface area contributed by atoms with Gasteiger partial charge in [-0.15, -0.1) is 0 Å². The molecule has 0 radical (unpaired) electrons. The molecule has 36 heavy (non-hydrogen) atoms. The van der Waals surface area contributed by atoms with Crippen molar-refractivity contribution < 1.29 is 13.9 Å². The van der Waals surface area contributed by atoms with Crippen LogP contribution in [0.4, 0.5) is 4.39 Å². The van der Waals surface area contributed by atoms with Crippen LogP contribution in [0.2, 0.25) is 0 Å². The fourth-order valence-corrected chi connectivity index (χ4v) is 5.33. The van der Waals surface area contributed by atoms with E-state index >= 15 is 4.39 Å². The molecule has 7 heteroatoms. The number of benzene rings is 2. The Morgan fingerprint density at radius 3 is 2.53 bits per heavy atom. The summed E-state index contributed by atoms with van der Waals surface area (Å²) in [6.07, 6.45) is 2.16. The lowest BCUT2D eigenvalue weighted by atomic mass is 9.92. The van der Waals surface area contributed by atoms with Gasteiger partial charge >= 0.3 is 5.97 Å². The van der Waals surface area contributed by atoms with Gasteiger partial charge in [-0.05, 0) is 75.9 Å². The molecule has 5 rings (SSSR count). The van der Waals surface area contributed by atoms with E-state index < -0.39 is 11.6 Å². The largest absolute Gasteiger partial charge is 0.459 e. The van der Waals surface area contributed by atoms with Gasteiger partial charge in [-0.2, -0.15) is 0 Å². The fraction of sp³-hybridized carbons (Fsp3) is 0.345. The van der Waals surface area contributed by atoms with Crippen LogP contribution in [0.1, 0.15) is 57.4 Å². The maximum absolute atomic E-state index is 15.1. The minimum absolute atomic E-state index is 0.0179. The molecule has 1 saturated carbocycles. The number of nitrogens with one attached hydrogen (secondary N) is 1. The minimum atomic E-state index is -0.547. The average Bonchev–Trinajstić information content (AvgIpc) is 3.55. The van der Waals surface area contributed by atoms with E-state index in [-0.39, 0.29) is 17.2 Å². The van der Waals surface area contributed by atoms with Gasteiger partial charge < -0.3 is 10.1 Å². The summed E-state index contributed by atoms with van der Waals surface area (Å²) in [6.45, 7) is 7.58. The summed E-state index contributed by atoms with van der Waals surface area (Å²) in [5.74, 6) is -0.678. The number of aromatic nitrogens is 2. The molecule has 2 aromatic heterocycles. The molecule has 1 aliphatic rings. The van der Waals surface area contributed by atoms with E-state index in [1.54, 1.807) is 13.0 Å². The third-order valence-electron chi connectivity index (χ3n) is 6.46. The van der Waals surface area contributed by atoms with Gasteiger partial charge in [-0.3, -0.25) is 4.79 Å². The number of rotatable bonds is 7. The molecule has 0 saturated heterocycles. The number of hydrogen-bond acceptors (Lipinski definition) is 6. The summed E-state index contributed by atoms with van der Waals surface area (Å²) in [6, 6.07) is 19.1. The molecule has 1 N–H and O–H groups in total. The van der Waals surface area contributed by atoms with Crippen LogP contribution in [-0.4, -0.2) is 27.6 Å². The van der Waals surface area contributed by atoms with Crippen molar-refractivity contribution in [3.8, 4) is 10.6 Å². The topological polar surface area (TPSA) is 64.1 Å². The number of carbonyl (C=O) groups excluding carboxylic acids is 1. The standard InChI is InChI=1S/C29H30FN3O2S/c1-18(27(34)35-28(2,3)4)31-17-19-10-11-21(22(30)16-19)25-32-23-12-13-24(33-26(23)36-25)29(14-15-29)20-8-6-5-7-9-20/h5-13,16,18,31H,14-15,17H2,1-4H3/t18-/m1/s1. The lowest BCUT2D eigenvalue weighted by molar-refractivity contribution is -0.157. The number of halogens is 1. The van der Waals surface area contributed by atoms with Gasteiger partial charge in [0, 0.05) is 17.5 Å². The summed E-state index contributed by atoms with van der Waals surface area (Å²) in [5, 5.41) is 3.71. The lowest BCUT2D eigenvalue weighted by Gasteiger charge is -2.22. The Morgan fingerprint density at radius 2 is 1.86 bits per heavy atom. The van der Waals surface area contributed by atoms with Crippen molar-refractivity contribution in [2.75, 3.05) is 0 Å². The molecule has 0 bridgehead atoms. The third-order valence-corrected chi connectivity index (χ3v) is 7.46. The van der Waals surface area contributed by atoms with Crippen LogP contribution in [0.5, 0.6) is 0 Å². The second-order valence-corrected chi connectivity index (χ2v) is 11.4. The highest BCUT2D eigenvalue weighted by Crippen LogP contribution is 2.53. The summed E-state index contributed by atoms with van der Waals surface area (Å²) in [5.41, 5.74) is 3.75. The first kappa shape index (κ1) is 24.5. The van der Waals surface area contributed by atoms with E-state index in [0.717, 1.165) is 34.4 Å². The summed E-state index contributed by atoms with van der Waals surface area (Å²) < 4.78 is 20.5. The van der Waals surface area contributed by atoms with Crippen LogP contribution in [-0.2, 0) is 21.5 Å². The molecule has 0 amide bonds. The van der Waals surface area contributed by atoms with Crippen LogP contribution in [0, 0.1) is 5.82 Å². The third kappa shape index (κ3) is 5.04. The number of ether oxygens (including phenoxy) is 1. The number of esters is 1. The predicted molar refractivity (Wildman–Crippen MR) is 141 cm³/mol. The number of carbonyl (C=O) groups is 1. The van der Waals surface area contributed by atoms with E-state index in [9.17, 15) is 4.79 Å². The second kappa shape index (κ2) is 9.37. The fourth-order valence-electron chi connectivity index (χ4n) is 4.36.